The zero-order valence-electron chi connectivity index (χ0n) is 11.3. The quantitative estimate of drug-likeness (QED) is 0.525. The molecular weight excluding hydrogens is 247 g/mol. The first-order chi connectivity index (χ1) is 8.24. The summed E-state index contributed by atoms with van der Waals surface area (Å²) in [6, 6.07) is 10.2. The van der Waals surface area contributed by atoms with Crippen LogP contribution < -0.4 is 4.46 Å². The van der Waals surface area contributed by atoms with E-state index in [4.69, 9.17) is 2.74 Å². The molecule has 0 spiro atoms. The molecule has 1 aromatic rings. The van der Waals surface area contributed by atoms with Gasteiger partial charge in [0.15, 0.2) is 0 Å². The first-order valence-electron chi connectivity index (χ1n) is 6.63. The molecule has 15 heavy (non-hydrogen) atoms. The zero-order chi connectivity index (χ0) is 12.5. The molecule has 0 aliphatic carbocycles. The SMILES string of the molecule is [2H]C([2H])=C(CCCCCC)[Se]c1ccccc1. The van der Waals surface area contributed by atoms with Crippen LogP contribution in [-0.4, -0.2) is 15.0 Å². The van der Waals surface area contributed by atoms with Gasteiger partial charge in [-0.15, -0.1) is 0 Å². The van der Waals surface area contributed by atoms with Gasteiger partial charge >= 0.3 is 103 Å². The number of hydrogen-bond donors (Lipinski definition) is 0. The van der Waals surface area contributed by atoms with Gasteiger partial charge in [0, 0.05) is 0 Å². The molecule has 1 rings (SSSR count). The van der Waals surface area contributed by atoms with Crippen LogP contribution in [0.2, 0.25) is 0 Å². The summed E-state index contributed by atoms with van der Waals surface area (Å²) in [5.74, 6) is 0. The molecule has 0 saturated carbocycles. The molecule has 0 nitrogen and oxygen atoms in total. The van der Waals surface area contributed by atoms with E-state index in [-0.39, 0.29) is 21.5 Å². The Balaban J connectivity index is 2.48. The second-order valence-electron chi connectivity index (χ2n) is 3.65. The van der Waals surface area contributed by atoms with Crippen LogP contribution >= 0.6 is 0 Å². The van der Waals surface area contributed by atoms with Crippen molar-refractivity contribution in [1.82, 2.24) is 0 Å². The molecule has 1 aromatic carbocycles. The summed E-state index contributed by atoms with van der Waals surface area (Å²) in [5.41, 5.74) is 0. The average Bonchev–Trinajstić information content (AvgIpc) is 2.34. The molecule has 0 radical (unpaired) electrons. The van der Waals surface area contributed by atoms with Crippen LogP contribution in [0.1, 0.15) is 41.8 Å². The molecule has 0 aromatic heterocycles. The molecule has 0 aliphatic heterocycles. The Hall–Kier alpha value is -0.521. The predicted molar refractivity (Wildman–Crippen MR) is 69.7 cm³/mol. The van der Waals surface area contributed by atoms with Crippen molar-refractivity contribution in [2.75, 3.05) is 0 Å². The van der Waals surface area contributed by atoms with Gasteiger partial charge in [-0.1, -0.05) is 0 Å². The van der Waals surface area contributed by atoms with Gasteiger partial charge in [-0.25, -0.2) is 0 Å². The molecule has 0 unspecified atom stereocenters. The first-order valence-corrected chi connectivity index (χ1v) is 7.34. The third-order valence-corrected chi connectivity index (χ3v) is 4.25. The van der Waals surface area contributed by atoms with E-state index in [9.17, 15) is 0 Å². The van der Waals surface area contributed by atoms with Crippen LogP contribution in [0.15, 0.2) is 41.3 Å². The molecule has 0 fully saturated rings. The van der Waals surface area contributed by atoms with E-state index in [1.807, 2.05) is 18.2 Å². The Kier molecular flexibility index (Phi) is 4.99. The van der Waals surface area contributed by atoms with Crippen LogP contribution in [0, 0.1) is 0 Å². The molecule has 82 valence electrons. The average molecular weight is 269 g/mol. The van der Waals surface area contributed by atoms with Gasteiger partial charge in [0.05, 0.1) is 0 Å². The summed E-state index contributed by atoms with van der Waals surface area (Å²) in [6.07, 6.45) is 5.77. The molecule has 0 saturated heterocycles. The third kappa shape index (κ3) is 5.81. The standard InChI is InChI=1S/C14H20Se/c1-3-4-5-7-10-13(2)15-14-11-8-6-9-12-14/h6,8-9,11-12H,2-5,7,10H2,1H3/i2D2. The van der Waals surface area contributed by atoms with Crippen molar-refractivity contribution in [2.24, 2.45) is 0 Å². The minimum absolute atomic E-state index is 0.0327. The molecule has 1 heteroatoms. The van der Waals surface area contributed by atoms with Crippen molar-refractivity contribution in [3.63, 3.8) is 0 Å². The summed E-state index contributed by atoms with van der Waals surface area (Å²) in [6.45, 7) is 2.23. The Labute approximate surface area is 103 Å². The van der Waals surface area contributed by atoms with E-state index in [1.165, 1.54) is 23.7 Å². The van der Waals surface area contributed by atoms with Gasteiger partial charge in [0.2, 0.25) is 0 Å². The molecule has 0 amide bonds. The monoisotopic (exact) mass is 270 g/mol. The van der Waals surface area contributed by atoms with Crippen LogP contribution in [-0.2, 0) is 0 Å². The number of benzene rings is 1. The van der Waals surface area contributed by atoms with E-state index in [0.29, 0.717) is 0 Å². The fourth-order valence-corrected chi connectivity index (χ4v) is 3.12. The molecular formula is C14H20Se. The van der Waals surface area contributed by atoms with Crippen molar-refractivity contribution >= 4 is 19.4 Å². The van der Waals surface area contributed by atoms with Crippen molar-refractivity contribution < 1.29 is 2.74 Å². The fourth-order valence-electron chi connectivity index (χ4n) is 1.39. The van der Waals surface area contributed by atoms with E-state index >= 15 is 0 Å². The van der Waals surface area contributed by atoms with Gasteiger partial charge < -0.3 is 0 Å². The Morgan fingerprint density at radius 1 is 1.27 bits per heavy atom. The van der Waals surface area contributed by atoms with E-state index < -0.39 is 0 Å². The van der Waals surface area contributed by atoms with Crippen LogP contribution in [0.25, 0.3) is 0 Å². The van der Waals surface area contributed by atoms with Gasteiger partial charge in [-0.05, 0) is 0 Å². The Morgan fingerprint density at radius 3 is 2.73 bits per heavy atom. The van der Waals surface area contributed by atoms with E-state index in [0.717, 1.165) is 17.3 Å². The maximum absolute atomic E-state index is 7.53. The topological polar surface area (TPSA) is 0 Å². The predicted octanol–water partition coefficient (Wildman–Crippen LogP) is 3.50. The second kappa shape index (κ2) is 7.73. The van der Waals surface area contributed by atoms with Crippen LogP contribution in [0.3, 0.4) is 0 Å². The Bertz CT molecular complexity index is 342. The van der Waals surface area contributed by atoms with Gasteiger partial charge in [0.25, 0.3) is 0 Å². The maximum atomic E-state index is 7.53. The van der Waals surface area contributed by atoms with Crippen molar-refractivity contribution in [2.45, 2.75) is 39.0 Å². The van der Waals surface area contributed by atoms with Crippen molar-refractivity contribution in [3.8, 4) is 0 Å². The van der Waals surface area contributed by atoms with Gasteiger partial charge in [-0.3, -0.25) is 0 Å². The number of allylic oxidation sites excluding steroid dienone is 1. The normalized spacial score (nSPS) is 11.8. The second-order valence-corrected chi connectivity index (χ2v) is 6.10. The van der Waals surface area contributed by atoms with Crippen LogP contribution in [0.4, 0.5) is 0 Å². The molecule has 0 aliphatic rings. The van der Waals surface area contributed by atoms with Gasteiger partial charge in [0.1, 0.15) is 0 Å². The summed E-state index contributed by atoms with van der Waals surface area (Å²) >= 11 is 0.159. The molecule has 0 N–H and O–H groups in total. The van der Waals surface area contributed by atoms with Gasteiger partial charge in [-0.2, -0.15) is 0 Å². The number of rotatable bonds is 7. The Morgan fingerprint density at radius 2 is 2.07 bits per heavy atom. The molecule has 0 atom stereocenters. The first kappa shape index (κ1) is 9.69. The molecule has 0 heterocycles. The third-order valence-electron chi connectivity index (χ3n) is 2.24. The zero-order valence-corrected chi connectivity index (χ0v) is 11.0. The van der Waals surface area contributed by atoms with E-state index in [2.05, 4.69) is 19.1 Å². The molecule has 0 bridgehead atoms. The van der Waals surface area contributed by atoms with Crippen molar-refractivity contribution in [1.29, 1.82) is 0 Å². The van der Waals surface area contributed by atoms with Crippen molar-refractivity contribution in [3.05, 3.63) is 41.3 Å². The number of unbranched alkanes of at least 4 members (excludes halogenated alkanes) is 3. The summed E-state index contributed by atoms with van der Waals surface area (Å²) in [4.78, 5) is 0. The van der Waals surface area contributed by atoms with E-state index in [1.54, 1.807) is 0 Å². The summed E-state index contributed by atoms with van der Waals surface area (Å²) in [5, 5.41) is 0. The summed E-state index contributed by atoms with van der Waals surface area (Å²) < 4.78 is 17.3. The summed E-state index contributed by atoms with van der Waals surface area (Å²) in [7, 11) is 0. The van der Waals surface area contributed by atoms with Crippen LogP contribution in [0.5, 0.6) is 0 Å². The minimum atomic E-state index is 0.0327. The fraction of sp³-hybridized carbons (Fsp3) is 0.429. The number of hydrogen-bond acceptors (Lipinski definition) is 0.